The van der Waals surface area contributed by atoms with Crippen molar-refractivity contribution in [1.29, 1.82) is 0 Å². The molecule has 0 saturated heterocycles. The standard InChI is InChI=1S/C30H32N4O4S/c1-32-13-11-24-25-17-34(30(35)31-20-14-22(37-3)16-23(15-20)38-4)28(19-7-9-21(36-2)10-8-19)26-6-5-12-33(26)29(25)39-27(24)18-32/h5-10,12,14-16,28H,11,13,17-18H2,1-4H3,(H,31,35)/t28-/m1/s1. The molecule has 2 aliphatic rings. The smallest absolute Gasteiger partial charge is 0.322 e. The number of methoxy groups -OCH3 is 3. The second kappa shape index (κ2) is 10.3. The Bertz CT molecular complexity index is 1490. The maximum Gasteiger partial charge on any atom is 0.322 e. The molecule has 0 radical (unpaired) electrons. The predicted octanol–water partition coefficient (Wildman–Crippen LogP) is 5.69. The molecule has 2 aliphatic heterocycles. The van der Waals surface area contributed by atoms with Gasteiger partial charge in [0, 0.05) is 53.6 Å². The molecule has 8 nitrogen and oxygen atoms in total. The topological polar surface area (TPSA) is 68.2 Å². The maximum atomic E-state index is 14.2. The summed E-state index contributed by atoms with van der Waals surface area (Å²) >= 11 is 1.84. The second-order valence-electron chi connectivity index (χ2n) is 9.91. The average Bonchev–Trinajstić information content (AvgIpc) is 3.54. The van der Waals surface area contributed by atoms with Gasteiger partial charge in [0.05, 0.1) is 39.6 Å². The van der Waals surface area contributed by atoms with Crippen LogP contribution in [0.4, 0.5) is 10.5 Å². The van der Waals surface area contributed by atoms with Crippen LogP contribution in [0.5, 0.6) is 17.2 Å². The Morgan fingerprint density at radius 3 is 2.33 bits per heavy atom. The van der Waals surface area contributed by atoms with Crippen molar-refractivity contribution in [3.8, 4) is 22.2 Å². The fourth-order valence-corrected chi connectivity index (χ4v) is 7.01. The van der Waals surface area contributed by atoms with Crippen LogP contribution in [0.25, 0.3) is 5.00 Å². The number of carbonyl (C=O) groups is 1. The van der Waals surface area contributed by atoms with Crippen molar-refractivity contribution in [2.24, 2.45) is 0 Å². The first kappa shape index (κ1) is 25.3. The SMILES string of the molecule is COc1ccc([C@@H]2c3cccn3-c3sc4c(c3CN2C(=O)Nc2cc(OC)cc(OC)c2)CCN(C)C4)cc1. The van der Waals surface area contributed by atoms with Crippen LogP contribution in [0.3, 0.4) is 0 Å². The van der Waals surface area contributed by atoms with Crippen LogP contribution < -0.4 is 19.5 Å². The molecule has 1 atom stereocenters. The van der Waals surface area contributed by atoms with Crippen molar-refractivity contribution in [2.75, 3.05) is 40.2 Å². The number of nitrogens with one attached hydrogen (secondary N) is 1. The van der Waals surface area contributed by atoms with Gasteiger partial charge in [-0.05, 0) is 48.9 Å². The molecule has 2 aromatic heterocycles. The number of benzene rings is 2. The van der Waals surface area contributed by atoms with Gasteiger partial charge in [-0.1, -0.05) is 12.1 Å². The van der Waals surface area contributed by atoms with Crippen LogP contribution in [0.2, 0.25) is 0 Å². The lowest BCUT2D eigenvalue weighted by Crippen LogP contribution is -2.38. The molecule has 0 bridgehead atoms. The number of fused-ring (bicyclic) bond motifs is 5. The number of hydrogen-bond acceptors (Lipinski definition) is 6. The van der Waals surface area contributed by atoms with Crippen LogP contribution in [-0.2, 0) is 19.5 Å². The number of thiophene rings is 1. The first-order valence-corrected chi connectivity index (χ1v) is 13.7. The first-order chi connectivity index (χ1) is 19.0. The van der Waals surface area contributed by atoms with Crippen molar-refractivity contribution in [2.45, 2.75) is 25.6 Å². The van der Waals surface area contributed by atoms with Gasteiger partial charge in [0.1, 0.15) is 22.2 Å². The summed E-state index contributed by atoms with van der Waals surface area (Å²) < 4.78 is 18.6. The number of aromatic nitrogens is 1. The number of hydrogen-bond donors (Lipinski definition) is 1. The molecule has 4 heterocycles. The van der Waals surface area contributed by atoms with Gasteiger partial charge in [0.2, 0.25) is 0 Å². The summed E-state index contributed by atoms with van der Waals surface area (Å²) in [4.78, 5) is 19.9. The molecule has 2 amide bonds. The zero-order chi connectivity index (χ0) is 27.1. The number of likely N-dealkylation sites (N-methyl/N-ethyl adjacent to an activating group) is 1. The molecule has 4 aromatic rings. The monoisotopic (exact) mass is 544 g/mol. The van der Waals surface area contributed by atoms with E-state index in [0.29, 0.717) is 23.7 Å². The number of anilines is 1. The highest BCUT2D eigenvalue weighted by Crippen LogP contribution is 2.44. The third-order valence-corrected chi connectivity index (χ3v) is 8.81. The lowest BCUT2D eigenvalue weighted by molar-refractivity contribution is 0.194. The van der Waals surface area contributed by atoms with Crippen LogP contribution >= 0.6 is 11.3 Å². The maximum absolute atomic E-state index is 14.2. The zero-order valence-electron chi connectivity index (χ0n) is 22.6. The Morgan fingerprint density at radius 2 is 1.64 bits per heavy atom. The van der Waals surface area contributed by atoms with Gasteiger partial charge >= 0.3 is 6.03 Å². The highest BCUT2D eigenvalue weighted by atomic mass is 32.1. The Kier molecular flexibility index (Phi) is 6.70. The van der Waals surface area contributed by atoms with Gasteiger partial charge in [-0.2, -0.15) is 0 Å². The van der Waals surface area contributed by atoms with Gasteiger partial charge in [0.25, 0.3) is 0 Å². The Morgan fingerprint density at radius 1 is 0.923 bits per heavy atom. The Balaban J connectivity index is 1.47. The summed E-state index contributed by atoms with van der Waals surface area (Å²) in [6, 6.07) is 17.1. The summed E-state index contributed by atoms with van der Waals surface area (Å²) in [7, 11) is 7.02. The van der Waals surface area contributed by atoms with Gasteiger partial charge in [-0.15, -0.1) is 11.3 Å². The summed E-state index contributed by atoms with van der Waals surface area (Å²) in [5.41, 5.74) is 5.28. The normalized spacial score (nSPS) is 16.5. The van der Waals surface area contributed by atoms with E-state index in [1.165, 1.54) is 21.0 Å². The molecule has 0 saturated carbocycles. The zero-order valence-corrected chi connectivity index (χ0v) is 23.4. The molecule has 0 spiro atoms. The van der Waals surface area contributed by atoms with Gasteiger partial charge < -0.3 is 33.9 Å². The molecule has 0 unspecified atom stereocenters. The minimum absolute atomic E-state index is 0.195. The third kappa shape index (κ3) is 4.62. The highest BCUT2D eigenvalue weighted by Gasteiger charge is 2.36. The second-order valence-corrected chi connectivity index (χ2v) is 11.0. The van der Waals surface area contributed by atoms with E-state index in [9.17, 15) is 4.79 Å². The number of nitrogens with zero attached hydrogens (tertiary/aromatic N) is 3. The third-order valence-electron chi connectivity index (χ3n) is 7.55. The van der Waals surface area contributed by atoms with Crippen molar-refractivity contribution >= 4 is 23.1 Å². The van der Waals surface area contributed by atoms with Crippen molar-refractivity contribution in [1.82, 2.24) is 14.4 Å². The number of ether oxygens (including phenoxy) is 3. The van der Waals surface area contributed by atoms with E-state index in [0.717, 1.165) is 36.5 Å². The number of carbonyl (C=O) groups excluding carboxylic acids is 1. The Labute approximate surface area is 232 Å². The molecule has 6 rings (SSSR count). The summed E-state index contributed by atoms with van der Waals surface area (Å²) in [5, 5.41) is 4.33. The summed E-state index contributed by atoms with van der Waals surface area (Å²) in [6.45, 7) is 2.43. The molecule has 9 heteroatoms. The summed E-state index contributed by atoms with van der Waals surface area (Å²) in [6.07, 6.45) is 3.09. The molecule has 0 fully saturated rings. The molecular weight excluding hydrogens is 512 g/mol. The van der Waals surface area contributed by atoms with Crippen LogP contribution in [0.15, 0.2) is 60.8 Å². The van der Waals surface area contributed by atoms with E-state index in [1.807, 2.05) is 40.5 Å². The lowest BCUT2D eigenvalue weighted by Gasteiger charge is -2.32. The number of rotatable bonds is 5. The highest BCUT2D eigenvalue weighted by molar-refractivity contribution is 7.15. The molecule has 2 aromatic carbocycles. The van der Waals surface area contributed by atoms with Gasteiger partial charge in [-0.3, -0.25) is 0 Å². The quantitative estimate of drug-likeness (QED) is 0.350. The molecule has 202 valence electrons. The number of urea groups is 1. The fraction of sp³-hybridized carbons (Fsp3) is 0.300. The minimum Gasteiger partial charge on any atom is -0.497 e. The van der Waals surface area contributed by atoms with Gasteiger partial charge in [0.15, 0.2) is 0 Å². The van der Waals surface area contributed by atoms with E-state index >= 15 is 0 Å². The van der Waals surface area contributed by atoms with Crippen molar-refractivity contribution < 1.29 is 19.0 Å². The van der Waals surface area contributed by atoms with Crippen LogP contribution in [-0.4, -0.2) is 55.3 Å². The first-order valence-electron chi connectivity index (χ1n) is 12.9. The van der Waals surface area contributed by atoms with E-state index < -0.39 is 0 Å². The van der Waals surface area contributed by atoms with Crippen LogP contribution in [0.1, 0.15) is 33.3 Å². The largest absolute Gasteiger partial charge is 0.497 e. The van der Waals surface area contributed by atoms with E-state index in [1.54, 1.807) is 39.5 Å². The van der Waals surface area contributed by atoms with Crippen LogP contribution in [0, 0.1) is 0 Å². The van der Waals surface area contributed by atoms with E-state index in [4.69, 9.17) is 14.2 Å². The van der Waals surface area contributed by atoms with Crippen molar-refractivity contribution in [3.05, 3.63) is 88.1 Å². The van der Waals surface area contributed by atoms with Gasteiger partial charge in [-0.25, -0.2) is 4.79 Å². The molecular formula is C30H32N4O4S. The molecule has 39 heavy (non-hydrogen) atoms. The fourth-order valence-electron chi connectivity index (χ4n) is 5.56. The van der Waals surface area contributed by atoms with E-state index in [-0.39, 0.29) is 12.1 Å². The van der Waals surface area contributed by atoms with Crippen molar-refractivity contribution in [3.63, 3.8) is 0 Å². The molecule has 0 aliphatic carbocycles. The summed E-state index contributed by atoms with van der Waals surface area (Å²) in [5.74, 6) is 2.00. The lowest BCUT2D eigenvalue weighted by atomic mass is 10.00. The minimum atomic E-state index is -0.306. The average molecular weight is 545 g/mol. The predicted molar refractivity (Wildman–Crippen MR) is 153 cm³/mol. The number of amides is 2. The van der Waals surface area contributed by atoms with E-state index in [2.05, 4.69) is 40.2 Å². The Hall–Kier alpha value is -3.95. The molecule has 1 N–H and O–H groups in total.